The predicted octanol–water partition coefficient (Wildman–Crippen LogP) is 4.70. The van der Waals surface area contributed by atoms with Crippen molar-refractivity contribution in [2.75, 3.05) is 5.73 Å². The number of fused-ring (bicyclic) bond motifs is 1. The van der Waals surface area contributed by atoms with Gasteiger partial charge in [-0.05, 0) is 74.6 Å². The molecule has 3 heteroatoms. The Bertz CT molecular complexity index is 652. The Morgan fingerprint density at radius 1 is 1.00 bits per heavy atom. The summed E-state index contributed by atoms with van der Waals surface area (Å²) in [5, 5.41) is 0. The van der Waals surface area contributed by atoms with Gasteiger partial charge < -0.3 is 10.5 Å². The molecule has 2 nitrogen and oxygen atoms in total. The van der Waals surface area contributed by atoms with E-state index < -0.39 is 0 Å². The number of ether oxygens (including phenoxy) is 1. The minimum atomic E-state index is 0.132. The number of benzene rings is 2. The summed E-state index contributed by atoms with van der Waals surface area (Å²) < 4.78 is 5.76. The predicted molar refractivity (Wildman–Crippen MR) is 89.2 cm³/mol. The lowest BCUT2D eigenvalue weighted by atomic mass is 10.1. The summed E-state index contributed by atoms with van der Waals surface area (Å²) in [6.07, 6.45) is 3.87. The molecule has 0 fully saturated rings. The summed E-state index contributed by atoms with van der Waals surface area (Å²) in [5.74, 6) is 0.774. The molecular formula is C18H21NOS. The Balaban J connectivity index is 1.81. The first-order valence-corrected chi connectivity index (χ1v) is 8.29. The van der Waals surface area contributed by atoms with E-state index in [1.807, 2.05) is 26.0 Å². The molecule has 0 amide bonds. The van der Waals surface area contributed by atoms with Gasteiger partial charge in [-0.15, -0.1) is 0 Å². The van der Waals surface area contributed by atoms with Crippen LogP contribution in [-0.2, 0) is 12.8 Å². The summed E-state index contributed by atoms with van der Waals surface area (Å²) in [6.45, 7) is 4.03. The van der Waals surface area contributed by atoms with Gasteiger partial charge >= 0.3 is 0 Å². The van der Waals surface area contributed by atoms with Crippen LogP contribution in [0.1, 0.15) is 31.4 Å². The van der Waals surface area contributed by atoms with E-state index in [2.05, 4.69) is 24.3 Å². The highest BCUT2D eigenvalue weighted by atomic mass is 32.2. The molecule has 0 atom stereocenters. The monoisotopic (exact) mass is 299 g/mol. The third-order valence-corrected chi connectivity index (χ3v) is 4.63. The lowest BCUT2D eigenvalue weighted by Crippen LogP contribution is -2.07. The van der Waals surface area contributed by atoms with Crippen molar-refractivity contribution in [2.24, 2.45) is 0 Å². The molecule has 0 bridgehead atoms. The van der Waals surface area contributed by atoms with Gasteiger partial charge in [-0.1, -0.05) is 17.8 Å². The van der Waals surface area contributed by atoms with Crippen molar-refractivity contribution in [1.29, 1.82) is 0 Å². The second-order valence-electron chi connectivity index (χ2n) is 5.75. The van der Waals surface area contributed by atoms with E-state index in [-0.39, 0.29) is 6.10 Å². The zero-order chi connectivity index (χ0) is 14.8. The van der Waals surface area contributed by atoms with Crippen LogP contribution in [0.5, 0.6) is 5.75 Å². The molecule has 0 spiro atoms. The van der Waals surface area contributed by atoms with Crippen LogP contribution in [0.25, 0.3) is 0 Å². The zero-order valence-electron chi connectivity index (χ0n) is 12.6. The SMILES string of the molecule is CC(C)Oc1cc(Sc2ccc3c(c2)CCC3)ccc1N. The first-order valence-electron chi connectivity index (χ1n) is 7.47. The van der Waals surface area contributed by atoms with Gasteiger partial charge in [0.15, 0.2) is 0 Å². The van der Waals surface area contributed by atoms with Crippen LogP contribution >= 0.6 is 11.8 Å². The second kappa shape index (κ2) is 6.02. The van der Waals surface area contributed by atoms with Crippen LogP contribution in [0.4, 0.5) is 5.69 Å². The van der Waals surface area contributed by atoms with Crippen LogP contribution in [0, 0.1) is 0 Å². The summed E-state index contributed by atoms with van der Waals surface area (Å²) in [4.78, 5) is 2.45. The van der Waals surface area contributed by atoms with Crippen molar-refractivity contribution >= 4 is 17.4 Å². The van der Waals surface area contributed by atoms with Gasteiger partial charge in [0, 0.05) is 9.79 Å². The highest BCUT2D eigenvalue weighted by molar-refractivity contribution is 7.99. The summed E-state index contributed by atoms with van der Waals surface area (Å²) >= 11 is 1.77. The molecule has 21 heavy (non-hydrogen) atoms. The molecule has 110 valence electrons. The smallest absolute Gasteiger partial charge is 0.143 e. The van der Waals surface area contributed by atoms with E-state index in [0.717, 1.165) is 10.6 Å². The summed E-state index contributed by atoms with van der Waals surface area (Å²) in [6, 6.07) is 12.8. The van der Waals surface area contributed by atoms with Gasteiger partial charge in [-0.25, -0.2) is 0 Å². The molecule has 0 radical (unpaired) electrons. The minimum Gasteiger partial charge on any atom is -0.489 e. The fourth-order valence-corrected chi connectivity index (χ4v) is 3.59. The van der Waals surface area contributed by atoms with E-state index >= 15 is 0 Å². The van der Waals surface area contributed by atoms with Gasteiger partial charge in [-0.3, -0.25) is 0 Å². The molecule has 1 aliphatic carbocycles. The number of hydrogen-bond donors (Lipinski definition) is 1. The molecule has 0 aromatic heterocycles. The van der Waals surface area contributed by atoms with E-state index in [1.54, 1.807) is 11.8 Å². The lowest BCUT2D eigenvalue weighted by molar-refractivity contribution is 0.243. The molecule has 0 unspecified atom stereocenters. The van der Waals surface area contributed by atoms with Crippen molar-refractivity contribution in [3.05, 3.63) is 47.5 Å². The normalized spacial score (nSPS) is 13.5. The third-order valence-electron chi connectivity index (χ3n) is 3.65. The van der Waals surface area contributed by atoms with E-state index in [4.69, 9.17) is 10.5 Å². The van der Waals surface area contributed by atoms with Gasteiger partial charge in [0.25, 0.3) is 0 Å². The van der Waals surface area contributed by atoms with Crippen LogP contribution < -0.4 is 10.5 Å². The van der Waals surface area contributed by atoms with Gasteiger partial charge in [0.05, 0.1) is 11.8 Å². The molecule has 0 saturated carbocycles. The number of aryl methyl sites for hydroxylation is 2. The molecular weight excluding hydrogens is 278 g/mol. The van der Waals surface area contributed by atoms with Gasteiger partial charge in [0.1, 0.15) is 5.75 Å². The Morgan fingerprint density at radius 3 is 2.52 bits per heavy atom. The molecule has 1 aliphatic rings. The molecule has 0 saturated heterocycles. The van der Waals surface area contributed by atoms with Gasteiger partial charge in [-0.2, -0.15) is 0 Å². The maximum Gasteiger partial charge on any atom is 0.143 e. The first kappa shape index (κ1) is 14.3. The number of rotatable bonds is 4. The Kier molecular flexibility index (Phi) is 4.11. The maximum atomic E-state index is 5.97. The van der Waals surface area contributed by atoms with Crippen molar-refractivity contribution in [3.8, 4) is 5.75 Å². The quantitative estimate of drug-likeness (QED) is 0.831. The highest BCUT2D eigenvalue weighted by Gasteiger charge is 2.12. The van der Waals surface area contributed by atoms with Crippen molar-refractivity contribution in [3.63, 3.8) is 0 Å². The second-order valence-corrected chi connectivity index (χ2v) is 6.90. The number of nitrogens with two attached hydrogens (primary N) is 1. The molecule has 0 aliphatic heterocycles. The van der Waals surface area contributed by atoms with Gasteiger partial charge in [0.2, 0.25) is 0 Å². The molecule has 3 rings (SSSR count). The summed E-state index contributed by atoms with van der Waals surface area (Å²) in [7, 11) is 0. The molecule has 2 aromatic rings. The first-order chi connectivity index (χ1) is 10.1. The third kappa shape index (κ3) is 3.35. The Hall–Kier alpha value is -1.61. The number of hydrogen-bond acceptors (Lipinski definition) is 3. The average Bonchev–Trinajstić information content (AvgIpc) is 2.89. The zero-order valence-corrected chi connectivity index (χ0v) is 13.4. The van der Waals surface area contributed by atoms with Crippen molar-refractivity contribution < 1.29 is 4.74 Å². The fourth-order valence-electron chi connectivity index (χ4n) is 2.68. The van der Waals surface area contributed by atoms with E-state index in [1.165, 1.54) is 35.3 Å². The Labute approximate surface area is 130 Å². The summed E-state index contributed by atoms with van der Waals surface area (Å²) in [5.41, 5.74) is 9.69. The van der Waals surface area contributed by atoms with E-state index in [0.29, 0.717) is 5.69 Å². The Morgan fingerprint density at radius 2 is 1.71 bits per heavy atom. The topological polar surface area (TPSA) is 35.2 Å². The molecule has 2 aromatic carbocycles. The highest BCUT2D eigenvalue weighted by Crippen LogP contribution is 2.35. The lowest BCUT2D eigenvalue weighted by Gasteiger charge is -2.13. The molecule has 2 N–H and O–H groups in total. The van der Waals surface area contributed by atoms with Crippen LogP contribution in [-0.4, -0.2) is 6.10 Å². The number of nitrogen functional groups attached to an aromatic ring is 1. The number of anilines is 1. The van der Waals surface area contributed by atoms with E-state index in [9.17, 15) is 0 Å². The van der Waals surface area contributed by atoms with Crippen molar-refractivity contribution in [2.45, 2.75) is 49.0 Å². The van der Waals surface area contributed by atoms with Crippen LogP contribution in [0.3, 0.4) is 0 Å². The van der Waals surface area contributed by atoms with Crippen LogP contribution in [0.15, 0.2) is 46.2 Å². The van der Waals surface area contributed by atoms with Crippen molar-refractivity contribution in [1.82, 2.24) is 0 Å². The van der Waals surface area contributed by atoms with Crippen LogP contribution in [0.2, 0.25) is 0 Å². The standard InChI is InChI=1S/C18H21NOS/c1-12(2)20-18-11-16(8-9-17(18)19)21-15-7-6-13-4-3-5-14(13)10-15/h6-12H,3-5,19H2,1-2H3. The molecule has 0 heterocycles. The minimum absolute atomic E-state index is 0.132. The largest absolute Gasteiger partial charge is 0.489 e. The average molecular weight is 299 g/mol. The maximum absolute atomic E-state index is 5.97. The fraction of sp³-hybridized carbons (Fsp3) is 0.333.